The molecule has 9 heteroatoms. The summed E-state index contributed by atoms with van der Waals surface area (Å²) < 4.78 is 35.2. The molecular formula is C33H48N2O7. The molecule has 0 unspecified atom stereocenters. The van der Waals surface area contributed by atoms with Gasteiger partial charge in [0.25, 0.3) is 0 Å². The van der Waals surface area contributed by atoms with Crippen LogP contribution in [0.2, 0.25) is 0 Å². The summed E-state index contributed by atoms with van der Waals surface area (Å²) in [5.41, 5.74) is 7.68. The van der Waals surface area contributed by atoms with Crippen molar-refractivity contribution in [3.8, 4) is 23.0 Å². The molecule has 0 aliphatic heterocycles. The summed E-state index contributed by atoms with van der Waals surface area (Å²) in [7, 11) is 4.93. The molecule has 4 rings (SSSR count). The molecule has 2 aliphatic carbocycles. The highest BCUT2D eigenvalue weighted by Crippen LogP contribution is 2.40. The molecule has 9 nitrogen and oxygen atoms in total. The summed E-state index contributed by atoms with van der Waals surface area (Å²) >= 11 is 0. The molecule has 0 radical (unpaired) electrons. The monoisotopic (exact) mass is 584 g/mol. The summed E-state index contributed by atoms with van der Waals surface area (Å²) in [5, 5.41) is 0. The number of carbonyl (C=O) groups excluding carboxylic acids is 1. The third-order valence-electron chi connectivity index (χ3n) is 8.29. The van der Waals surface area contributed by atoms with Gasteiger partial charge in [0.15, 0.2) is 11.5 Å². The van der Waals surface area contributed by atoms with Crippen LogP contribution in [0.5, 0.6) is 23.0 Å². The van der Waals surface area contributed by atoms with E-state index in [4.69, 9.17) is 34.2 Å². The lowest BCUT2D eigenvalue weighted by molar-refractivity contribution is -0.0231. The highest BCUT2D eigenvalue weighted by molar-refractivity contribution is 5.68. The first-order chi connectivity index (χ1) is 20.5. The van der Waals surface area contributed by atoms with Crippen molar-refractivity contribution in [2.24, 2.45) is 11.7 Å². The minimum absolute atomic E-state index is 0.0906. The van der Waals surface area contributed by atoms with Crippen LogP contribution < -0.4 is 24.7 Å². The zero-order valence-corrected chi connectivity index (χ0v) is 25.5. The predicted octanol–water partition coefficient (Wildman–Crippen LogP) is 6.10. The number of rotatable bonds is 14. The average molecular weight is 585 g/mol. The van der Waals surface area contributed by atoms with E-state index in [0.29, 0.717) is 56.0 Å². The molecule has 42 heavy (non-hydrogen) atoms. The number of nitrogens with zero attached hydrogens (tertiary/aromatic N) is 1. The van der Waals surface area contributed by atoms with Gasteiger partial charge in [-0.1, -0.05) is 37.5 Å². The predicted molar refractivity (Wildman–Crippen MR) is 161 cm³/mol. The van der Waals surface area contributed by atoms with Crippen molar-refractivity contribution >= 4 is 6.09 Å². The van der Waals surface area contributed by atoms with Gasteiger partial charge in [-0.05, 0) is 68.2 Å². The first-order valence-corrected chi connectivity index (χ1v) is 15.3. The van der Waals surface area contributed by atoms with Crippen molar-refractivity contribution in [2.75, 3.05) is 41.0 Å². The average Bonchev–Trinajstić information content (AvgIpc) is 3.03. The highest BCUT2D eigenvalue weighted by Gasteiger charge is 2.27. The van der Waals surface area contributed by atoms with Gasteiger partial charge in [-0.15, -0.1) is 0 Å². The van der Waals surface area contributed by atoms with Gasteiger partial charge >= 0.3 is 6.09 Å². The summed E-state index contributed by atoms with van der Waals surface area (Å²) in [6, 6.07) is 11.6. The Morgan fingerprint density at radius 2 is 1.50 bits per heavy atom. The van der Waals surface area contributed by atoms with Gasteiger partial charge in [0.05, 0.1) is 47.2 Å². The minimum Gasteiger partial charge on any atom is -0.496 e. The molecule has 2 aromatic carbocycles. The molecule has 232 valence electrons. The van der Waals surface area contributed by atoms with Crippen molar-refractivity contribution in [2.45, 2.75) is 83.1 Å². The Balaban J connectivity index is 1.26. The maximum Gasteiger partial charge on any atom is 0.410 e. The van der Waals surface area contributed by atoms with Crippen molar-refractivity contribution in [3.05, 3.63) is 47.5 Å². The largest absolute Gasteiger partial charge is 0.496 e. The first-order valence-electron chi connectivity index (χ1n) is 15.3. The topological polar surface area (TPSA) is 102 Å². The van der Waals surface area contributed by atoms with Crippen LogP contribution in [-0.2, 0) is 22.6 Å². The van der Waals surface area contributed by atoms with Crippen LogP contribution in [0, 0.1) is 5.92 Å². The Labute approximate surface area is 250 Å². The van der Waals surface area contributed by atoms with Gasteiger partial charge in [-0.3, -0.25) is 0 Å². The molecule has 0 bridgehead atoms. The number of para-hydroxylation sites is 1. The van der Waals surface area contributed by atoms with Gasteiger partial charge in [0.1, 0.15) is 11.9 Å². The van der Waals surface area contributed by atoms with Crippen molar-refractivity contribution in [1.29, 1.82) is 0 Å². The highest BCUT2D eigenvalue weighted by atomic mass is 16.6. The lowest BCUT2D eigenvalue weighted by Crippen LogP contribution is -2.38. The van der Waals surface area contributed by atoms with Crippen LogP contribution in [0.15, 0.2) is 36.4 Å². The molecule has 2 N–H and O–H groups in total. The Morgan fingerprint density at radius 3 is 2.14 bits per heavy atom. The Bertz CT molecular complexity index is 1090. The van der Waals surface area contributed by atoms with Crippen LogP contribution in [0.3, 0.4) is 0 Å². The van der Waals surface area contributed by atoms with E-state index in [0.717, 1.165) is 42.6 Å². The zero-order chi connectivity index (χ0) is 29.7. The van der Waals surface area contributed by atoms with Crippen LogP contribution in [0.1, 0.15) is 68.9 Å². The summed E-state index contributed by atoms with van der Waals surface area (Å²) in [5.74, 6) is 3.30. The van der Waals surface area contributed by atoms with Crippen molar-refractivity contribution < 1.29 is 33.2 Å². The second kappa shape index (κ2) is 16.5. The van der Waals surface area contributed by atoms with Crippen molar-refractivity contribution in [3.63, 3.8) is 0 Å². The van der Waals surface area contributed by atoms with E-state index >= 15 is 0 Å². The molecule has 2 aromatic rings. The SMILES string of the molecule is COc1ccccc1CN(CCN)C(=O)OC1CCC(OCc2cc(OC)c(OCC3CCCCC3)c(OC)c2)CC1. The minimum atomic E-state index is -0.347. The fourth-order valence-corrected chi connectivity index (χ4v) is 5.89. The number of carbonyl (C=O) groups is 1. The number of nitrogens with two attached hydrogens (primary N) is 1. The van der Waals surface area contributed by atoms with E-state index in [-0.39, 0.29) is 18.3 Å². The van der Waals surface area contributed by atoms with E-state index in [1.54, 1.807) is 26.2 Å². The fraction of sp³-hybridized carbons (Fsp3) is 0.606. The molecule has 2 fully saturated rings. The van der Waals surface area contributed by atoms with E-state index < -0.39 is 0 Å². The van der Waals surface area contributed by atoms with Crippen LogP contribution >= 0.6 is 0 Å². The van der Waals surface area contributed by atoms with Gasteiger partial charge in [0.2, 0.25) is 5.75 Å². The quantitative estimate of drug-likeness (QED) is 0.284. The molecular weight excluding hydrogens is 536 g/mol. The molecule has 0 atom stereocenters. The molecule has 1 amide bonds. The number of hydrogen-bond donors (Lipinski definition) is 1. The molecule has 0 heterocycles. The van der Waals surface area contributed by atoms with Crippen molar-refractivity contribution in [1.82, 2.24) is 4.90 Å². The Kier molecular flexibility index (Phi) is 12.4. The second-order valence-corrected chi connectivity index (χ2v) is 11.3. The van der Waals surface area contributed by atoms with Gasteiger partial charge < -0.3 is 39.1 Å². The fourth-order valence-electron chi connectivity index (χ4n) is 5.89. The van der Waals surface area contributed by atoms with Crippen LogP contribution in [0.25, 0.3) is 0 Å². The standard InChI is InChI=1S/C33H48N2O7/c1-37-29-12-8-7-11-26(29)21-35(18-17-34)33(36)42-28-15-13-27(14-16-28)40-23-25-19-30(38-2)32(31(20-25)39-3)41-22-24-9-5-4-6-10-24/h7-8,11-12,19-20,24,27-28H,4-6,9-10,13-18,21-23,34H2,1-3H3. The number of methoxy groups -OCH3 is 3. The normalized spacial score (nSPS) is 19.1. The zero-order valence-electron chi connectivity index (χ0n) is 25.5. The van der Waals surface area contributed by atoms with Crippen LogP contribution in [-0.4, -0.2) is 64.2 Å². The Morgan fingerprint density at radius 1 is 0.857 bits per heavy atom. The van der Waals surface area contributed by atoms with E-state index in [9.17, 15) is 4.79 Å². The van der Waals surface area contributed by atoms with Gasteiger partial charge in [-0.2, -0.15) is 0 Å². The lowest BCUT2D eigenvalue weighted by atomic mass is 9.90. The molecule has 2 saturated carbocycles. The molecule has 0 aromatic heterocycles. The smallest absolute Gasteiger partial charge is 0.410 e. The second-order valence-electron chi connectivity index (χ2n) is 11.3. The van der Waals surface area contributed by atoms with Gasteiger partial charge in [0, 0.05) is 18.7 Å². The summed E-state index contributed by atoms with van der Waals surface area (Å²) in [6.07, 6.45) is 9.05. The molecule has 0 spiro atoms. The number of benzene rings is 2. The van der Waals surface area contributed by atoms with E-state index in [1.165, 1.54) is 32.1 Å². The summed E-state index contributed by atoms with van der Waals surface area (Å²) in [4.78, 5) is 14.7. The summed E-state index contributed by atoms with van der Waals surface area (Å²) in [6.45, 7) is 2.27. The lowest BCUT2D eigenvalue weighted by Gasteiger charge is -2.31. The van der Waals surface area contributed by atoms with E-state index in [2.05, 4.69) is 0 Å². The number of hydrogen-bond acceptors (Lipinski definition) is 8. The van der Waals surface area contributed by atoms with E-state index in [1.807, 2.05) is 36.4 Å². The third kappa shape index (κ3) is 8.91. The third-order valence-corrected chi connectivity index (χ3v) is 8.29. The number of ether oxygens (including phenoxy) is 6. The first kappa shape index (κ1) is 31.8. The molecule has 2 aliphatic rings. The maximum absolute atomic E-state index is 13.0. The maximum atomic E-state index is 13.0. The van der Waals surface area contributed by atoms with Gasteiger partial charge in [-0.25, -0.2) is 4.79 Å². The number of amides is 1. The Hall–Kier alpha value is -3.17. The molecule has 0 saturated heterocycles. The van der Waals surface area contributed by atoms with Crippen LogP contribution in [0.4, 0.5) is 4.79 Å².